The molecule has 0 bridgehead atoms. The van der Waals surface area contributed by atoms with Gasteiger partial charge in [0.05, 0.1) is 9.90 Å². The molecule has 3 rings (SSSR count). The number of rotatable bonds is 1. The Bertz CT molecular complexity index is 462. The van der Waals surface area contributed by atoms with Crippen LogP contribution in [0.25, 0.3) is 0 Å². The molecule has 92 valence electrons. The molecule has 2 fully saturated rings. The summed E-state index contributed by atoms with van der Waals surface area (Å²) in [6.07, 6.45) is 4.30. The Morgan fingerprint density at radius 1 is 1.47 bits per heavy atom. The average molecular weight is 300 g/mol. The van der Waals surface area contributed by atoms with E-state index in [1.165, 1.54) is 0 Å². The summed E-state index contributed by atoms with van der Waals surface area (Å²) < 4.78 is 14.2. The predicted molar refractivity (Wildman–Crippen MR) is 66.9 cm³/mol. The van der Waals surface area contributed by atoms with Crippen LogP contribution < -0.4 is 0 Å². The molecule has 1 atom stereocenters. The van der Waals surface area contributed by atoms with Crippen LogP contribution in [0.4, 0.5) is 4.39 Å². The zero-order valence-electron chi connectivity index (χ0n) is 9.96. The van der Waals surface area contributed by atoms with Crippen LogP contribution in [-0.4, -0.2) is 16.8 Å². The molecule has 0 aromatic heterocycles. The zero-order valence-corrected chi connectivity index (χ0v) is 11.6. The fourth-order valence-electron chi connectivity index (χ4n) is 2.84. The average Bonchev–Trinajstić information content (AvgIpc) is 3.04. The molecule has 1 saturated heterocycles. The number of nitrogens with zero attached hydrogens (tertiary/aromatic N) is 1. The lowest BCUT2D eigenvalue weighted by Gasteiger charge is -2.25. The van der Waals surface area contributed by atoms with Crippen molar-refractivity contribution in [2.24, 2.45) is 11.3 Å². The second-order valence-electron chi connectivity index (χ2n) is 5.71. The molecule has 0 aromatic rings. The quantitative estimate of drug-likeness (QED) is 0.726. The number of carbonyl (C=O) groups is 1. The predicted octanol–water partition coefficient (Wildman–Crippen LogP) is 3.50. The molecule has 4 heteroatoms. The third-order valence-electron chi connectivity index (χ3n) is 4.11. The molecule has 1 aliphatic heterocycles. The summed E-state index contributed by atoms with van der Waals surface area (Å²) in [5, 5.41) is 0. The summed E-state index contributed by atoms with van der Waals surface area (Å²) in [5.41, 5.74) is 0.537. The summed E-state index contributed by atoms with van der Waals surface area (Å²) in [6.45, 7) is 3.87. The van der Waals surface area contributed by atoms with Gasteiger partial charge < -0.3 is 4.90 Å². The molecule has 1 saturated carbocycles. The van der Waals surface area contributed by atoms with Crippen molar-refractivity contribution in [1.29, 1.82) is 0 Å². The van der Waals surface area contributed by atoms with E-state index in [-0.39, 0.29) is 17.7 Å². The van der Waals surface area contributed by atoms with Gasteiger partial charge in [-0.1, -0.05) is 13.8 Å². The highest BCUT2D eigenvalue weighted by Crippen LogP contribution is 2.53. The maximum atomic E-state index is 13.7. The van der Waals surface area contributed by atoms with Gasteiger partial charge in [-0.25, -0.2) is 4.39 Å². The lowest BCUT2D eigenvalue weighted by atomic mass is 9.76. The van der Waals surface area contributed by atoms with Gasteiger partial charge in [-0.3, -0.25) is 4.79 Å². The second kappa shape index (κ2) is 3.44. The summed E-state index contributed by atoms with van der Waals surface area (Å²) in [5.74, 6) is 0.0143. The van der Waals surface area contributed by atoms with E-state index in [0.29, 0.717) is 16.9 Å². The number of carbonyl (C=O) groups excluding carboxylic acids is 1. The molecule has 0 spiro atoms. The lowest BCUT2D eigenvalue weighted by Crippen LogP contribution is -2.32. The number of halogens is 2. The van der Waals surface area contributed by atoms with Gasteiger partial charge in [-0.2, -0.15) is 0 Å². The first-order chi connectivity index (χ1) is 7.93. The summed E-state index contributed by atoms with van der Waals surface area (Å²) in [7, 11) is 0. The summed E-state index contributed by atoms with van der Waals surface area (Å²) >= 11 is 3.23. The Kier molecular flexibility index (Phi) is 2.31. The van der Waals surface area contributed by atoms with E-state index < -0.39 is 5.41 Å². The molecule has 0 N–H and O–H groups in total. The third-order valence-corrected chi connectivity index (χ3v) is 4.76. The van der Waals surface area contributed by atoms with Crippen LogP contribution in [0.1, 0.15) is 33.1 Å². The number of allylic oxidation sites excluding steroid dienone is 4. The van der Waals surface area contributed by atoms with Crippen LogP contribution in [0, 0.1) is 11.3 Å². The van der Waals surface area contributed by atoms with Crippen molar-refractivity contribution in [3.8, 4) is 0 Å². The Hall–Kier alpha value is -0.640. The molecular weight excluding hydrogens is 285 g/mol. The molecule has 2 nitrogen and oxygen atoms in total. The van der Waals surface area contributed by atoms with Crippen molar-refractivity contribution in [2.45, 2.75) is 39.2 Å². The van der Waals surface area contributed by atoms with E-state index in [1.54, 1.807) is 6.08 Å². The molecule has 1 unspecified atom stereocenters. The van der Waals surface area contributed by atoms with Crippen LogP contribution in [0.15, 0.2) is 22.1 Å². The molecular formula is C13H15BrFNO. The largest absolute Gasteiger partial charge is 0.312 e. The Balaban J connectivity index is 2.07. The summed E-state index contributed by atoms with van der Waals surface area (Å²) in [4.78, 5) is 14.3. The number of fused-ring (bicyclic) bond motifs is 1. The second-order valence-corrected chi connectivity index (χ2v) is 6.56. The van der Waals surface area contributed by atoms with Crippen molar-refractivity contribution in [1.82, 2.24) is 4.90 Å². The van der Waals surface area contributed by atoms with Gasteiger partial charge in [-0.05, 0) is 34.8 Å². The maximum absolute atomic E-state index is 13.7. The summed E-state index contributed by atoms with van der Waals surface area (Å²) in [6, 6.07) is 0.361. The number of likely N-dealkylation sites (tertiary alicyclic amines) is 1. The van der Waals surface area contributed by atoms with Gasteiger partial charge in [0.25, 0.3) is 0 Å². The van der Waals surface area contributed by atoms with E-state index in [1.807, 2.05) is 18.7 Å². The fraction of sp³-hybridized carbons (Fsp3) is 0.615. The van der Waals surface area contributed by atoms with Gasteiger partial charge in [-0.15, -0.1) is 0 Å². The molecule has 0 radical (unpaired) electrons. The molecule has 1 amide bonds. The molecule has 0 aromatic carbocycles. The molecule has 1 heterocycles. The molecule has 2 aliphatic carbocycles. The SMILES string of the molecule is CC1(C)C(=O)N(C2CC2)C2=CC(Br)=C(F)CC21. The van der Waals surface area contributed by atoms with Gasteiger partial charge in [0.2, 0.25) is 5.91 Å². The smallest absolute Gasteiger partial charge is 0.233 e. The van der Waals surface area contributed by atoms with Crippen LogP contribution in [0.3, 0.4) is 0 Å². The maximum Gasteiger partial charge on any atom is 0.233 e. The van der Waals surface area contributed by atoms with E-state index in [0.717, 1.165) is 18.5 Å². The minimum atomic E-state index is -0.473. The van der Waals surface area contributed by atoms with E-state index >= 15 is 0 Å². The van der Waals surface area contributed by atoms with Crippen molar-refractivity contribution in [2.75, 3.05) is 0 Å². The standard InChI is InChI=1S/C13H15BrFNO/c1-13(2)8-5-10(15)9(14)6-11(8)16(12(13)17)7-3-4-7/h6-8H,3-5H2,1-2H3. The minimum absolute atomic E-state index is 0.00287. The van der Waals surface area contributed by atoms with Gasteiger partial charge >= 0.3 is 0 Å². The highest BCUT2D eigenvalue weighted by atomic mass is 79.9. The Labute approximate surface area is 109 Å². The third kappa shape index (κ3) is 1.53. The minimum Gasteiger partial charge on any atom is -0.312 e. The van der Waals surface area contributed by atoms with Crippen LogP contribution in [0.2, 0.25) is 0 Å². The Morgan fingerprint density at radius 2 is 2.12 bits per heavy atom. The van der Waals surface area contributed by atoms with E-state index in [2.05, 4.69) is 15.9 Å². The van der Waals surface area contributed by atoms with Gasteiger partial charge in [0.15, 0.2) is 0 Å². The monoisotopic (exact) mass is 299 g/mol. The van der Waals surface area contributed by atoms with Gasteiger partial charge in [0, 0.05) is 24.1 Å². The molecule has 17 heavy (non-hydrogen) atoms. The van der Waals surface area contributed by atoms with Gasteiger partial charge in [0.1, 0.15) is 5.83 Å². The number of hydrogen-bond donors (Lipinski definition) is 0. The van der Waals surface area contributed by atoms with Crippen molar-refractivity contribution < 1.29 is 9.18 Å². The first-order valence-corrected chi connectivity index (χ1v) is 6.81. The highest BCUT2D eigenvalue weighted by molar-refractivity contribution is 9.11. The van der Waals surface area contributed by atoms with E-state index in [4.69, 9.17) is 0 Å². The highest BCUT2D eigenvalue weighted by Gasteiger charge is 2.55. The van der Waals surface area contributed by atoms with Crippen molar-refractivity contribution in [3.05, 3.63) is 22.1 Å². The Morgan fingerprint density at radius 3 is 2.71 bits per heavy atom. The first-order valence-electron chi connectivity index (χ1n) is 6.02. The number of hydrogen-bond acceptors (Lipinski definition) is 1. The molecule has 3 aliphatic rings. The zero-order chi connectivity index (χ0) is 12.4. The fourth-order valence-corrected chi connectivity index (χ4v) is 3.23. The van der Waals surface area contributed by atoms with E-state index in [9.17, 15) is 9.18 Å². The van der Waals surface area contributed by atoms with Crippen molar-refractivity contribution >= 4 is 21.8 Å². The number of amides is 1. The first kappa shape index (κ1) is 11.5. The van der Waals surface area contributed by atoms with Crippen molar-refractivity contribution in [3.63, 3.8) is 0 Å². The normalized spacial score (nSPS) is 31.8. The lowest BCUT2D eigenvalue weighted by molar-refractivity contribution is -0.135. The van der Waals surface area contributed by atoms with Crippen LogP contribution >= 0.6 is 15.9 Å². The van der Waals surface area contributed by atoms with Crippen LogP contribution in [0.5, 0.6) is 0 Å². The topological polar surface area (TPSA) is 20.3 Å². The van der Waals surface area contributed by atoms with Crippen LogP contribution in [-0.2, 0) is 4.79 Å².